The van der Waals surface area contributed by atoms with E-state index in [0.717, 1.165) is 0 Å². The zero-order valence-corrected chi connectivity index (χ0v) is 7.13. The van der Waals surface area contributed by atoms with Gasteiger partial charge >= 0.3 is 0 Å². The lowest BCUT2D eigenvalue weighted by Crippen LogP contribution is -2.25. The highest BCUT2D eigenvalue weighted by atomic mass is 16.5. The van der Waals surface area contributed by atoms with Crippen LogP contribution in [0.15, 0.2) is 17.3 Å². The van der Waals surface area contributed by atoms with Crippen molar-refractivity contribution in [2.45, 2.75) is 26.4 Å². The molecule has 3 heteroatoms. The summed E-state index contributed by atoms with van der Waals surface area (Å²) in [7, 11) is 0. The molecule has 0 aromatic heterocycles. The highest BCUT2D eigenvalue weighted by Crippen LogP contribution is 2.09. The van der Waals surface area contributed by atoms with Crippen molar-refractivity contribution >= 4 is 6.08 Å². The van der Waals surface area contributed by atoms with Crippen molar-refractivity contribution in [3.05, 3.63) is 12.3 Å². The van der Waals surface area contributed by atoms with Crippen LogP contribution in [0, 0.1) is 0 Å². The molecule has 0 unspecified atom stereocenters. The second-order valence-corrected chi connectivity index (χ2v) is 2.75. The van der Waals surface area contributed by atoms with Gasteiger partial charge in [0.1, 0.15) is 5.60 Å². The van der Waals surface area contributed by atoms with Crippen LogP contribution in [0.5, 0.6) is 0 Å². The van der Waals surface area contributed by atoms with E-state index in [-0.39, 0.29) is 0 Å². The van der Waals surface area contributed by atoms with Gasteiger partial charge in [-0.05, 0) is 20.8 Å². The Hall–Kier alpha value is -1.08. The Morgan fingerprint density at radius 1 is 1.64 bits per heavy atom. The molecular formula is C8H13NO2. The monoisotopic (exact) mass is 155 g/mol. The van der Waals surface area contributed by atoms with E-state index in [1.165, 1.54) is 6.08 Å². The molecule has 0 fully saturated rings. The molecule has 0 bridgehead atoms. The van der Waals surface area contributed by atoms with E-state index in [1.54, 1.807) is 12.3 Å². The van der Waals surface area contributed by atoms with E-state index in [2.05, 4.69) is 4.99 Å². The fourth-order valence-electron chi connectivity index (χ4n) is 0.512. The molecule has 0 radical (unpaired) electrons. The maximum Gasteiger partial charge on any atom is 0.235 e. The van der Waals surface area contributed by atoms with Crippen LogP contribution in [0.1, 0.15) is 20.8 Å². The minimum atomic E-state index is -0.413. The summed E-state index contributed by atoms with van der Waals surface area (Å²) in [5.74, 6) is 0. The smallest absolute Gasteiger partial charge is 0.235 e. The molecule has 0 N–H and O–H groups in total. The third kappa shape index (κ3) is 5.37. The first-order valence-electron chi connectivity index (χ1n) is 3.45. The summed E-state index contributed by atoms with van der Waals surface area (Å²) in [6, 6.07) is 0. The lowest BCUT2D eigenvalue weighted by Gasteiger charge is -2.20. The Bertz CT molecular complexity index is 179. The summed E-state index contributed by atoms with van der Waals surface area (Å²) in [6.45, 7) is 5.90. The van der Waals surface area contributed by atoms with Crippen LogP contribution in [-0.4, -0.2) is 18.2 Å². The van der Waals surface area contributed by atoms with Gasteiger partial charge in [0.15, 0.2) is 0 Å². The molecule has 0 rings (SSSR count). The van der Waals surface area contributed by atoms with Crippen molar-refractivity contribution in [3.63, 3.8) is 0 Å². The summed E-state index contributed by atoms with van der Waals surface area (Å²) in [4.78, 5) is 13.2. The molecular weight excluding hydrogens is 142 g/mol. The first kappa shape index (κ1) is 9.92. The number of rotatable bonds is 4. The van der Waals surface area contributed by atoms with Gasteiger partial charge < -0.3 is 4.74 Å². The fraction of sp³-hybridized carbons (Fsp3) is 0.625. The molecule has 0 aliphatic carbocycles. The van der Waals surface area contributed by atoms with Gasteiger partial charge in [-0.3, -0.25) is 0 Å². The molecule has 0 spiro atoms. The third-order valence-electron chi connectivity index (χ3n) is 1.05. The van der Waals surface area contributed by atoms with Crippen LogP contribution in [-0.2, 0) is 9.53 Å². The fourth-order valence-corrected chi connectivity index (χ4v) is 0.512. The molecule has 0 saturated carbocycles. The van der Waals surface area contributed by atoms with Crippen molar-refractivity contribution in [2.75, 3.05) is 6.54 Å². The summed E-state index contributed by atoms with van der Waals surface area (Å²) in [5.41, 5.74) is -0.413. The number of aliphatic imine (C=N–C) groups is 1. The Morgan fingerprint density at radius 2 is 2.27 bits per heavy atom. The van der Waals surface area contributed by atoms with E-state index in [4.69, 9.17) is 4.74 Å². The number of carbonyl (C=O) groups excluding carboxylic acids is 1. The zero-order chi connectivity index (χ0) is 8.74. The Kier molecular flexibility index (Phi) is 4.23. The number of allylic oxidation sites excluding steroid dienone is 1. The SMILES string of the molecule is CC=COC(C)(C)CN=C=O. The van der Waals surface area contributed by atoms with Crippen molar-refractivity contribution in [1.29, 1.82) is 0 Å². The largest absolute Gasteiger partial charge is 0.494 e. The Labute approximate surface area is 66.8 Å². The molecule has 0 atom stereocenters. The van der Waals surface area contributed by atoms with Gasteiger partial charge in [-0.2, -0.15) is 0 Å². The number of ether oxygens (including phenoxy) is 1. The van der Waals surface area contributed by atoms with E-state index >= 15 is 0 Å². The summed E-state index contributed by atoms with van der Waals surface area (Å²) < 4.78 is 5.23. The molecule has 0 aliphatic rings. The first-order valence-corrected chi connectivity index (χ1v) is 3.45. The molecule has 0 amide bonds. The summed E-state index contributed by atoms with van der Waals surface area (Å²) in [6.07, 6.45) is 4.84. The van der Waals surface area contributed by atoms with Gasteiger partial charge in [0.25, 0.3) is 0 Å². The van der Waals surface area contributed by atoms with E-state index in [9.17, 15) is 4.79 Å². The lowest BCUT2D eigenvalue weighted by atomic mass is 10.1. The average Bonchev–Trinajstić information content (AvgIpc) is 1.97. The van der Waals surface area contributed by atoms with Crippen LogP contribution in [0.3, 0.4) is 0 Å². The highest BCUT2D eigenvalue weighted by Gasteiger charge is 2.16. The minimum absolute atomic E-state index is 0.334. The van der Waals surface area contributed by atoms with Crippen LogP contribution in [0.25, 0.3) is 0 Å². The molecule has 62 valence electrons. The van der Waals surface area contributed by atoms with Gasteiger partial charge in [0.2, 0.25) is 6.08 Å². The van der Waals surface area contributed by atoms with Gasteiger partial charge in [-0.15, -0.1) is 0 Å². The van der Waals surface area contributed by atoms with E-state index in [0.29, 0.717) is 6.54 Å². The number of hydrogen-bond acceptors (Lipinski definition) is 3. The quantitative estimate of drug-likeness (QED) is 0.352. The normalized spacial score (nSPS) is 11.2. The predicted octanol–water partition coefficient (Wildman–Crippen LogP) is 1.65. The topological polar surface area (TPSA) is 38.7 Å². The minimum Gasteiger partial charge on any atom is -0.494 e. The summed E-state index contributed by atoms with van der Waals surface area (Å²) >= 11 is 0. The molecule has 3 nitrogen and oxygen atoms in total. The molecule has 0 aromatic rings. The Balaban J connectivity index is 3.88. The highest BCUT2D eigenvalue weighted by molar-refractivity contribution is 5.33. The van der Waals surface area contributed by atoms with E-state index in [1.807, 2.05) is 20.8 Å². The zero-order valence-electron chi connectivity index (χ0n) is 7.13. The second kappa shape index (κ2) is 4.69. The van der Waals surface area contributed by atoms with Gasteiger partial charge in [0.05, 0.1) is 12.8 Å². The van der Waals surface area contributed by atoms with Crippen molar-refractivity contribution in [3.8, 4) is 0 Å². The van der Waals surface area contributed by atoms with Crippen molar-refractivity contribution < 1.29 is 9.53 Å². The molecule has 11 heavy (non-hydrogen) atoms. The standard InChI is InChI=1S/C8H13NO2/c1-4-5-11-8(2,3)6-9-7-10/h4-5H,6H2,1-3H3. The third-order valence-corrected chi connectivity index (χ3v) is 1.05. The molecule has 0 heterocycles. The van der Waals surface area contributed by atoms with Crippen LogP contribution in [0.2, 0.25) is 0 Å². The van der Waals surface area contributed by atoms with Crippen molar-refractivity contribution in [2.24, 2.45) is 4.99 Å². The maximum absolute atomic E-state index is 9.76. The van der Waals surface area contributed by atoms with E-state index < -0.39 is 5.60 Å². The molecule has 0 aliphatic heterocycles. The van der Waals surface area contributed by atoms with Crippen molar-refractivity contribution in [1.82, 2.24) is 0 Å². The molecule has 0 saturated heterocycles. The maximum atomic E-state index is 9.76. The number of isocyanates is 1. The van der Waals surface area contributed by atoms with Gasteiger partial charge in [-0.25, -0.2) is 9.79 Å². The van der Waals surface area contributed by atoms with Crippen LogP contribution >= 0.6 is 0 Å². The lowest BCUT2D eigenvalue weighted by molar-refractivity contribution is 0.0667. The predicted molar refractivity (Wildman–Crippen MR) is 43.0 cm³/mol. The number of nitrogens with zero attached hydrogens (tertiary/aromatic N) is 1. The van der Waals surface area contributed by atoms with Gasteiger partial charge in [0, 0.05) is 0 Å². The Morgan fingerprint density at radius 3 is 2.73 bits per heavy atom. The van der Waals surface area contributed by atoms with Crippen LogP contribution in [0.4, 0.5) is 0 Å². The summed E-state index contributed by atoms with van der Waals surface area (Å²) in [5, 5.41) is 0. The van der Waals surface area contributed by atoms with Gasteiger partial charge in [-0.1, -0.05) is 6.08 Å². The van der Waals surface area contributed by atoms with Crippen LogP contribution < -0.4 is 0 Å². The number of hydrogen-bond donors (Lipinski definition) is 0. The average molecular weight is 155 g/mol. The molecule has 0 aromatic carbocycles. The second-order valence-electron chi connectivity index (χ2n) is 2.75. The first-order chi connectivity index (χ1) is 5.12.